The molecule has 4 heteroatoms. The van der Waals surface area contributed by atoms with Crippen LogP contribution < -0.4 is 0 Å². The fourth-order valence-electron chi connectivity index (χ4n) is 10.3. The molecule has 0 bridgehead atoms. The summed E-state index contributed by atoms with van der Waals surface area (Å²) in [5.74, 6) is 0.702. The van der Waals surface area contributed by atoms with E-state index < -0.39 is 5.41 Å². The fraction of sp³-hybridized carbons (Fsp3) is 0.0167. The van der Waals surface area contributed by atoms with Crippen LogP contribution in [-0.4, -0.2) is 15.0 Å². The van der Waals surface area contributed by atoms with Gasteiger partial charge in [-0.05, 0) is 86.3 Å². The van der Waals surface area contributed by atoms with Crippen molar-refractivity contribution >= 4 is 33.4 Å². The van der Waals surface area contributed by atoms with E-state index in [0.717, 1.165) is 66.8 Å². The minimum Gasteiger partial charge on any atom is -0.247 e. The third-order valence-corrected chi connectivity index (χ3v) is 14.3. The zero-order valence-electron chi connectivity index (χ0n) is 34.6. The summed E-state index contributed by atoms with van der Waals surface area (Å²) >= 11 is 1.88. The molecule has 0 saturated heterocycles. The molecule has 1 aliphatic carbocycles. The highest BCUT2D eigenvalue weighted by molar-refractivity contribution is 7.99. The number of fused-ring (bicyclic) bond motifs is 12. The molecular formula is C60H37N3S. The van der Waals surface area contributed by atoms with Gasteiger partial charge in [0.05, 0.1) is 28.0 Å². The molecule has 0 N–H and O–H groups in total. The first-order valence-electron chi connectivity index (χ1n) is 21.8. The standard InChI is InChI=1S/C60H37N3S/c1-4-17-38(18-5-1)53-37-54(63-59(62-53)40-21-8-3-9-22-40)43-24-16-23-41(33-43)42-31-32-46-47-35-52-57(36-48(47)58(61-55(46)34-42)39-19-6-2-7-20-39)64-56-30-15-14-29-51(56)60(52)49-27-12-10-25-44(49)45-26-11-13-28-50(45)60/h1-37H. The van der Waals surface area contributed by atoms with Crippen LogP contribution in [0.25, 0.3) is 89.1 Å². The molecule has 0 amide bonds. The van der Waals surface area contributed by atoms with Crippen LogP contribution in [-0.2, 0) is 5.41 Å². The van der Waals surface area contributed by atoms with E-state index in [1.807, 2.05) is 36.0 Å². The van der Waals surface area contributed by atoms with Gasteiger partial charge < -0.3 is 0 Å². The Kier molecular flexibility index (Phi) is 8.37. The van der Waals surface area contributed by atoms with Crippen molar-refractivity contribution in [2.75, 3.05) is 0 Å². The van der Waals surface area contributed by atoms with Crippen LogP contribution in [0.4, 0.5) is 0 Å². The molecule has 3 heterocycles. The third-order valence-electron chi connectivity index (χ3n) is 13.1. The zero-order valence-corrected chi connectivity index (χ0v) is 35.4. The van der Waals surface area contributed by atoms with E-state index in [2.05, 4.69) is 200 Å². The van der Waals surface area contributed by atoms with Gasteiger partial charge in [0.15, 0.2) is 5.82 Å². The Balaban J connectivity index is 1.02. The van der Waals surface area contributed by atoms with Gasteiger partial charge in [-0.25, -0.2) is 15.0 Å². The van der Waals surface area contributed by atoms with Crippen LogP contribution in [0.5, 0.6) is 0 Å². The third kappa shape index (κ3) is 5.66. The summed E-state index contributed by atoms with van der Waals surface area (Å²) in [6.45, 7) is 0. The molecule has 3 nitrogen and oxygen atoms in total. The Bertz CT molecular complexity index is 3540. The predicted octanol–water partition coefficient (Wildman–Crippen LogP) is 15.3. The first-order valence-corrected chi connectivity index (χ1v) is 22.6. The van der Waals surface area contributed by atoms with Crippen LogP contribution >= 0.6 is 11.8 Å². The highest BCUT2D eigenvalue weighted by Gasteiger charge is 2.50. The Hall–Kier alpha value is -7.92. The lowest BCUT2D eigenvalue weighted by Crippen LogP contribution is -2.32. The van der Waals surface area contributed by atoms with Gasteiger partial charge in [0.25, 0.3) is 0 Å². The van der Waals surface area contributed by atoms with Crippen molar-refractivity contribution in [3.05, 3.63) is 247 Å². The molecule has 2 aliphatic rings. The Labute approximate surface area is 375 Å². The van der Waals surface area contributed by atoms with Crippen molar-refractivity contribution < 1.29 is 0 Å². The van der Waals surface area contributed by atoms with E-state index in [0.29, 0.717) is 5.82 Å². The zero-order chi connectivity index (χ0) is 42.2. The summed E-state index contributed by atoms with van der Waals surface area (Å²) in [4.78, 5) is 18.3. The molecule has 2 aromatic heterocycles. The first kappa shape index (κ1) is 36.7. The van der Waals surface area contributed by atoms with Gasteiger partial charge in [-0.15, -0.1) is 0 Å². The highest BCUT2D eigenvalue weighted by atomic mass is 32.2. The van der Waals surface area contributed by atoms with Crippen molar-refractivity contribution in [1.29, 1.82) is 0 Å². The van der Waals surface area contributed by atoms with Crippen LogP contribution in [0, 0.1) is 0 Å². The summed E-state index contributed by atoms with van der Waals surface area (Å²) in [6.07, 6.45) is 0. The average molecular weight is 832 g/mol. The topological polar surface area (TPSA) is 38.7 Å². The number of rotatable bonds is 5. The van der Waals surface area contributed by atoms with Crippen molar-refractivity contribution in [3.63, 3.8) is 0 Å². The first-order chi connectivity index (χ1) is 31.7. The quantitative estimate of drug-likeness (QED) is 0.162. The maximum Gasteiger partial charge on any atom is 0.160 e. The van der Waals surface area contributed by atoms with Gasteiger partial charge in [-0.3, -0.25) is 0 Å². The lowest BCUT2D eigenvalue weighted by atomic mass is 9.67. The molecular weight excluding hydrogens is 795 g/mol. The van der Waals surface area contributed by atoms with Gasteiger partial charge >= 0.3 is 0 Å². The maximum absolute atomic E-state index is 5.55. The molecule has 64 heavy (non-hydrogen) atoms. The molecule has 0 radical (unpaired) electrons. The maximum atomic E-state index is 5.55. The van der Waals surface area contributed by atoms with Gasteiger partial charge in [-0.2, -0.15) is 0 Å². The summed E-state index contributed by atoms with van der Waals surface area (Å²) in [5.41, 5.74) is 17.5. The number of nitrogens with zero attached hydrogens (tertiary/aromatic N) is 3. The average Bonchev–Trinajstić information content (AvgIpc) is 3.66. The van der Waals surface area contributed by atoms with E-state index in [-0.39, 0.29) is 0 Å². The van der Waals surface area contributed by atoms with E-state index in [1.165, 1.54) is 48.6 Å². The smallest absolute Gasteiger partial charge is 0.160 e. The van der Waals surface area contributed by atoms with Crippen LogP contribution in [0.3, 0.4) is 0 Å². The lowest BCUT2D eigenvalue weighted by molar-refractivity contribution is 0.724. The van der Waals surface area contributed by atoms with Crippen molar-refractivity contribution in [2.45, 2.75) is 15.2 Å². The van der Waals surface area contributed by atoms with Gasteiger partial charge in [-0.1, -0.05) is 200 Å². The molecule has 13 rings (SSSR count). The largest absolute Gasteiger partial charge is 0.247 e. The molecule has 0 saturated carbocycles. The molecule has 9 aromatic carbocycles. The molecule has 0 unspecified atom stereocenters. The minimum atomic E-state index is -0.469. The summed E-state index contributed by atoms with van der Waals surface area (Å²) in [7, 11) is 0. The summed E-state index contributed by atoms with van der Waals surface area (Å²) in [6, 6.07) is 80.9. The van der Waals surface area contributed by atoms with Crippen LogP contribution in [0.15, 0.2) is 234 Å². The molecule has 298 valence electrons. The lowest BCUT2D eigenvalue weighted by Gasteiger charge is -2.40. The summed E-state index contributed by atoms with van der Waals surface area (Å²) in [5, 5.41) is 3.49. The SMILES string of the molecule is c1ccc(-c2cc(-c3cccc(-c4ccc5c(c4)nc(-c4ccccc4)c4cc6c(cc45)C4(c5ccccc5S6)c5ccccc5-c5ccccc54)c3)nc(-c3ccccc3)n2)cc1. The van der Waals surface area contributed by atoms with E-state index in [9.17, 15) is 0 Å². The Morgan fingerprint density at radius 2 is 0.875 bits per heavy atom. The molecule has 11 aromatic rings. The second-order valence-corrected chi connectivity index (χ2v) is 17.8. The monoisotopic (exact) mass is 831 g/mol. The predicted molar refractivity (Wildman–Crippen MR) is 263 cm³/mol. The molecule has 1 aliphatic heterocycles. The number of pyridine rings is 1. The van der Waals surface area contributed by atoms with Gasteiger partial charge in [0.2, 0.25) is 0 Å². The Morgan fingerprint density at radius 1 is 0.312 bits per heavy atom. The van der Waals surface area contributed by atoms with E-state index in [1.54, 1.807) is 0 Å². The van der Waals surface area contributed by atoms with Crippen molar-refractivity contribution in [1.82, 2.24) is 15.0 Å². The van der Waals surface area contributed by atoms with E-state index in [4.69, 9.17) is 15.0 Å². The Morgan fingerprint density at radius 3 is 1.59 bits per heavy atom. The number of hydrogen-bond acceptors (Lipinski definition) is 4. The summed E-state index contributed by atoms with van der Waals surface area (Å²) < 4.78 is 0. The van der Waals surface area contributed by atoms with Gasteiger partial charge in [0, 0.05) is 42.8 Å². The normalized spacial score (nSPS) is 13.1. The van der Waals surface area contributed by atoms with E-state index >= 15 is 0 Å². The molecule has 0 fully saturated rings. The minimum absolute atomic E-state index is 0.469. The second-order valence-electron chi connectivity index (χ2n) is 16.7. The van der Waals surface area contributed by atoms with Crippen molar-refractivity contribution in [3.8, 4) is 67.4 Å². The molecule has 1 spiro atoms. The van der Waals surface area contributed by atoms with Crippen LogP contribution in [0.2, 0.25) is 0 Å². The fourth-order valence-corrected chi connectivity index (χ4v) is 11.5. The highest BCUT2D eigenvalue weighted by Crippen LogP contribution is 2.62. The number of hydrogen-bond donors (Lipinski definition) is 0. The number of benzene rings is 9. The molecule has 0 atom stereocenters. The second kappa shape index (κ2) is 14.6. The number of aromatic nitrogens is 3. The van der Waals surface area contributed by atoms with Crippen molar-refractivity contribution in [2.24, 2.45) is 0 Å². The van der Waals surface area contributed by atoms with Gasteiger partial charge in [0.1, 0.15) is 0 Å². The van der Waals surface area contributed by atoms with Crippen LogP contribution in [0.1, 0.15) is 22.3 Å².